The minimum absolute atomic E-state index is 0.165. The number of nitrogens with zero attached hydrogens (tertiary/aromatic N) is 2. The molecule has 0 saturated heterocycles. The van der Waals surface area contributed by atoms with Crippen LogP contribution in [-0.4, -0.2) is 22.4 Å². The van der Waals surface area contributed by atoms with Crippen LogP contribution >= 0.6 is 15.9 Å². The van der Waals surface area contributed by atoms with E-state index in [-0.39, 0.29) is 6.04 Å². The Kier molecular flexibility index (Phi) is 5.61. The molecule has 5 heteroatoms. The highest BCUT2D eigenvalue weighted by molar-refractivity contribution is 9.10. The molecule has 108 valence electrons. The lowest BCUT2D eigenvalue weighted by Crippen LogP contribution is -2.22. The quantitative estimate of drug-likeness (QED) is 0.844. The fourth-order valence-corrected chi connectivity index (χ4v) is 2.50. The normalized spacial score (nSPS) is 12.3. The number of halogens is 1. The minimum Gasteiger partial charge on any atom is -0.490 e. The Balaban J connectivity index is 2.01. The summed E-state index contributed by atoms with van der Waals surface area (Å²) in [6.07, 6.45) is 5.48. The SMILES string of the molecule is CCC(N)Cc1cccc(Br)c1OCCn1cccn1. The fraction of sp³-hybridized carbons (Fsp3) is 0.400. The van der Waals surface area contributed by atoms with E-state index in [2.05, 4.69) is 34.0 Å². The molecule has 0 aliphatic carbocycles. The second-order valence-corrected chi connectivity index (χ2v) is 5.57. The molecule has 20 heavy (non-hydrogen) atoms. The van der Waals surface area contributed by atoms with Gasteiger partial charge in [0.15, 0.2) is 0 Å². The fourth-order valence-electron chi connectivity index (χ4n) is 1.98. The highest BCUT2D eigenvalue weighted by Gasteiger charge is 2.11. The van der Waals surface area contributed by atoms with Crippen LogP contribution in [0.5, 0.6) is 5.75 Å². The van der Waals surface area contributed by atoms with Gasteiger partial charge in [-0.1, -0.05) is 19.1 Å². The molecule has 4 nitrogen and oxygen atoms in total. The molecule has 1 aromatic carbocycles. The van der Waals surface area contributed by atoms with E-state index in [9.17, 15) is 0 Å². The smallest absolute Gasteiger partial charge is 0.136 e. The molecule has 0 aliphatic heterocycles. The van der Waals surface area contributed by atoms with Crippen molar-refractivity contribution in [1.82, 2.24) is 9.78 Å². The maximum absolute atomic E-state index is 6.04. The van der Waals surface area contributed by atoms with Gasteiger partial charge in [-0.3, -0.25) is 4.68 Å². The molecule has 2 rings (SSSR count). The van der Waals surface area contributed by atoms with Crippen molar-refractivity contribution in [2.24, 2.45) is 5.73 Å². The largest absolute Gasteiger partial charge is 0.490 e. The maximum atomic E-state index is 6.04. The molecule has 0 fully saturated rings. The van der Waals surface area contributed by atoms with Gasteiger partial charge in [-0.2, -0.15) is 5.10 Å². The van der Waals surface area contributed by atoms with E-state index in [1.807, 2.05) is 29.1 Å². The Morgan fingerprint density at radius 1 is 1.40 bits per heavy atom. The molecule has 1 unspecified atom stereocenters. The highest BCUT2D eigenvalue weighted by atomic mass is 79.9. The predicted octanol–water partition coefficient (Wildman–Crippen LogP) is 3.00. The Bertz CT molecular complexity index is 528. The minimum atomic E-state index is 0.165. The molecule has 0 amide bonds. The number of ether oxygens (including phenoxy) is 1. The summed E-state index contributed by atoms with van der Waals surface area (Å²) < 4.78 is 8.75. The highest BCUT2D eigenvalue weighted by Crippen LogP contribution is 2.30. The van der Waals surface area contributed by atoms with Crippen molar-refractivity contribution in [3.63, 3.8) is 0 Å². The zero-order valence-corrected chi connectivity index (χ0v) is 13.2. The van der Waals surface area contributed by atoms with Gasteiger partial charge in [0.25, 0.3) is 0 Å². The van der Waals surface area contributed by atoms with E-state index in [1.165, 1.54) is 0 Å². The standard InChI is InChI=1S/C15H20BrN3O/c1-2-13(17)11-12-5-3-6-14(16)15(12)20-10-9-19-8-4-7-18-19/h3-8,13H,2,9-11,17H2,1H3. The van der Waals surface area contributed by atoms with Crippen LogP contribution in [0.3, 0.4) is 0 Å². The van der Waals surface area contributed by atoms with Crippen LogP contribution in [0.15, 0.2) is 41.1 Å². The van der Waals surface area contributed by atoms with Crippen LogP contribution in [0.25, 0.3) is 0 Å². The van der Waals surface area contributed by atoms with E-state index >= 15 is 0 Å². The first-order valence-corrected chi connectivity index (χ1v) is 7.63. The number of hydrogen-bond donors (Lipinski definition) is 1. The van der Waals surface area contributed by atoms with Crippen molar-refractivity contribution >= 4 is 15.9 Å². The average Bonchev–Trinajstić information content (AvgIpc) is 2.95. The number of benzene rings is 1. The molecule has 0 spiro atoms. The van der Waals surface area contributed by atoms with Gasteiger partial charge in [0.1, 0.15) is 12.4 Å². The van der Waals surface area contributed by atoms with Crippen LogP contribution in [0.1, 0.15) is 18.9 Å². The number of rotatable bonds is 7. The molecule has 1 heterocycles. The predicted molar refractivity (Wildman–Crippen MR) is 83.8 cm³/mol. The molecule has 0 aliphatic rings. The average molecular weight is 338 g/mol. The summed E-state index contributed by atoms with van der Waals surface area (Å²) >= 11 is 3.55. The lowest BCUT2D eigenvalue weighted by atomic mass is 10.0. The Morgan fingerprint density at radius 3 is 2.95 bits per heavy atom. The summed E-state index contributed by atoms with van der Waals surface area (Å²) in [5.74, 6) is 0.892. The molecule has 0 bridgehead atoms. The van der Waals surface area contributed by atoms with E-state index in [0.29, 0.717) is 6.61 Å². The zero-order chi connectivity index (χ0) is 14.4. The van der Waals surface area contributed by atoms with Crippen molar-refractivity contribution < 1.29 is 4.74 Å². The van der Waals surface area contributed by atoms with Crippen LogP contribution in [0.2, 0.25) is 0 Å². The second kappa shape index (κ2) is 7.45. The van der Waals surface area contributed by atoms with E-state index < -0.39 is 0 Å². The van der Waals surface area contributed by atoms with Gasteiger partial charge in [0.2, 0.25) is 0 Å². The van der Waals surface area contributed by atoms with Crippen molar-refractivity contribution in [2.45, 2.75) is 32.4 Å². The molecular formula is C15H20BrN3O. The van der Waals surface area contributed by atoms with Gasteiger partial charge in [0.05, 0.1) is 11.0 Å². The number of aromatic nitrogens is 2. The summed E-state index contributed by atoms with van der Waals surface area (Å²) in [6, 6.07) is 8.15. The van der Waals surface area contributed by atoms with E-state index in [0.717, 1.165) is 35.2 Å². The van der Waals surface area contributed by atoms with Gasteiger partial charge in [-0.05, 0) is 46.5 Å². The Labute approximate surface area is 128 Å². The molecule has 0 saturated carbocycles. The van der Waals surface area contributed by atoms with Gasteiger partial charge >= 0.3 is 0 Å². The third kappa shape index (κ3) is 4.08. The summed E-state index contributed by atoms with van der Waals surface area (Å²) in [5, 5.41) is 4.16. The van der Waals surface area contributed by atoms with E-state index in [4.69, 9.17) is 10.5 Å². The van der Waals surface area contributed by atoms with Crippen LogP contribution < -0.4 is 10.5 Å². The van der Waals surface area contributed by atoms with Crippen LogP contribution in [-0.2, 0) is 13.0 Å². The lowest BCUT2D eigenvalue weighted by Gasteiger charge is -2.16. The first-order chi connectivity index (χ1) is 9.70. The van der Waals surface area contributed by atoms with Crippen molar-refractivity contribution in [2.75, 3.05) is 6.61 Å². The van der Waals surface area contributed by atoms with Gasteiger partial charge in [-0.25, -0.2) is 0 Å². The maximum Gasteiger partial charge on any atom is 0.136 e. The summed E-state index contributed by atoms with van der Waals surface area (Å²) in [7, 11) is 0. The number of para-hydroxylation sites is 1. The van der Waals surface area contributed by atoms with E-state index in [1.54, 1.807) is 6.20 Å². The van der Waals surface area contributed by atoms with Crippen molar-refractivity contribution in [3.05, 3.63) is 46.7 Å². The summed E-state index contributed by atoms with van der Waals surface area (Å²) in [5.41, 5.74) is 7.19. The van der Waals surface area contributed by atoms with Gasteiger partial charge < -0.3 is 10.5 Å². The van der Waals surface area contributed by atoms with Crippen molar-refractivity contribution in [3.8, 4) is 5.75 Å². The third-order valence-corrected chi connectivity index (χ3v) is 3.81. The Hall–Kier alpha value is -1.33. The molecule has 1 aromatic heterocycles. The number of hydrogen-bond acceptors (Lipinski definition) is 3. The molecule has 1 atom stereocenters. The number of nitrogens with two attached hydrogens (primary N) is 1. The van der Waals surface area contributed by atoms with Crippen LogP contribution in [0, 0.1) is 0 Å². The lowest BCUT2D eigenvalue weighted by molar-refractivity contribution is 0.286. The summed E-state index contributed by atoms with van der Waals surface area (Å²) in [6.45, 7) is 3.41. The monoisotopic (exact) mass is 337 g/mol. The first kappa shape index (κ1) is 15.1. The Morgan fingerprint density at radius 2 is 2.25 bits per heavy atom. The second-order valence-electron chi connectivity index (χ2n) is 4.72. The van der Waals surface area contributed by atoms with Crippen molar-refractivity contribution in [1.29, 1.82) is 0 Å². The summed E-state index contributed by atoms with van der Waals surface area (Å²) in [4.78, 5) is 0. The molecule has 2 N–H and O–H groups in total. The molecule has 2 aromatic rings. The molecular weight excluding hydrogens is 318 g/mol. The topological polar surface area (TPSA) is 53.1 Å². The first-order valence-electron chi connectivity index (χ1n) is 6.84. The zero-order valence-electron chi connectivity index (χ0n) is 11.6. The van der Waals surface area contributed by atoms with Gasteiger partial charge in [-0.15, -0.1) is 0 Å². The third-order valence-electron chi connectivity index (χ3n) is 3.18. The van der Waals surface area contributed by atoms with Gasteiger partial charge in [0, 0.05) is 18.4 Å². The molecule has 0 radical (unpaired) electrons. The van der Waals surface area contributed by atoms with Crippen LogP contribution in [0.4, 0.5) is 0 Å².